The molecule has 1 atom stereocenters. The molecule has 0 aliphatic heterocycles. The van der Waals surface area contributed by atoms with Crippen molar-refractivity contribution in [1.82, 2.24) is 4.90 Å². The summed E-state index contributed by atoms with van der Waals surface area (Å²) in [6.07, 6.45) is 2.90. The Hall–Kier alpha value is -4.74. The summed E-state index contributed by atoms with van der Waals surface area (Å²) in [7, 11) is -4.01. The van der Waals surface area contributed by atoms with Gasteiger partial charge in [0.05, 0.1) is 4.90 Å². The molecule has 5 aromatic carbocycles. The number of fused-ring (bicyclic) bond motifs is 1. The van der Waals surface area contributed by atoms with Gasteiger partial charge in [-0.1, -0.05) is 133 Å². The minimum Gasteiger partial charge on any atom is -0.347 e. The molecule has 4 nitrogen and oxygen atoms in total. The third kappa shape index (κ3) is 6.68. The minimum atomic E-state index is -4.01. The van der Waals surface area contributed by atoms with Gasteiger partial charge in [-0.2, -0.15) is 8.42 Å². The summed E-state index contributed by atoms with van der Waals surface area (Å²) in [5, 5.41) is 0. The summed E-state index contributed by atoms with van der Waals surface area (Å²) < 4.78 is 32.4. The zero-order chi connectivity index (χ0) is 29.6. The molecule has 0 heterocycles. The second-order valence-corrected chi connectivity index (χ2v) is 12.6. The third-order valence-electron chi connectivity index (χ3n) is 7.91. The Kier molecular flexibility index (Phi) is 8.34. The number of allylic oxidation sites excluding steroid dienone is 1. The Morgan fingerprint density at radius 3 is 1.84 bits per heavy atom. The quantitative estimate of drug-likeness (QED) is 0.130. The van der Waals surface area contributed by atoms with Crippen LogP contribution in [0.3, 0.4) is 0 Å². The fourth-order valence-corrected chi connectivity index (χ4v) is 6.58. The highest BCUT2D eigenvalue weighted by molar-refractivity contribution is 7.90. The second kappa shape index (κ2) is 12.6. The number of rotatable bonds is 9. The summed E-state index contributed by atoms with van der Waals surface area (Å²) in [4.78, 5) is 2.25. The zero-order valence-electron chi connectivity index (χ0n) is 24.2. The van der Waals surface area contributed by atoms with E-state index in [1.165, 1.54) is 11.1 Å². The van der Waals surface area contributed by atoms with Crippen molar-refractivity contribution in [2.24, 2.45) is 4.40 Å². The summed E-state index contributed by atoms with van der Waals surface area (Å²) in [6.45, 7) is 2.94. The van der Waals surface area contributed by atoms with Crippen LogP contribution < -0.4 is 0 Å². The highest BCUT2D eigenvalue weighted by atomic mass is 32.2. The van der Waals surface area contributed by atoms with Gasteiger partial charge in [0.15, 0.2) is 0 Å². The highest BCUT2D eigenvalue weighted by Crippen LogP contribution is 2.44. The Labute approximate surface area is 254 Å². The molecular weight excluding hydrogens is 548 g/mol. The van der Waals surface area contributed by atoms with Crippen LogP contribution in [0, 0.1) is 6.92 Å². The van der Waals surface area contributed by atoms with Crippen molar-refractivity contribution in [2.75, 3.05) is 0 Å². The van der Waals surface area contributed by atoms with Crippen molar-refractivity contribution in [3.8, 4) is 0 Å². The van der Waals surface area contributed by atoms with Gasteiger partial charge in [0, 0.05) is 19.0 Å². The Morgan fingerprint density at radius 2 is 1.26 bits per heavy atom. The number of benzene rings is 5. The van der Waals surface area contributed by atoms with Gasteiger partial charge in [0.1, 0.15) is 5.84 Å². The first kappa shape index (κ1) is 28.4. The lowest BCUT2D eigenvalue weighted by Gasteiger charge is -2.33. The number of amidine groups is 1. The molecule has 0 aromatic heterocycles. The molecule has 0 fully saturated rings. The number of aryl methyl sites for hydroxylation is 1. The fraction of sp³-hybridized carbons (Fsp3) is 0.132. The van der Waals surface area contributed by atoms with E-state index in [9.17, 15) is 8.42 Å². The van der Waals surface area contributed by atoms with Crippen molar-refractivity contribution in [1.29, 1.82) is 0 Å². The standard InChI is InChI=1S/C38H34N2O2S/c1-29-21-23-34(24-22-29)43(41,42)39-38(40(27-30-13-5-2-6-14-30)28-31-15-7-3-8-16-31)26-36(32-17-9-4-10-18-32)37-25-33-19-11-12-20-35(33)37/h2-24,26,37H,25,27-28H2,1H3/b36-26-,39-38+/t37-/m0/s1. The lowest BCUT2D eigenvalue weighted by molar-refractivity contribution is 0.409. The molecule has 0 N–H and O–H groups in total. The van der Waals surface area contributed by atoms with E-state index in [0.29, 0.717) is 18.9 Å². The third-order valence-corrected chi connectivity index (χ3v) is 9.21. The van der Waals surface area contributed by atoms with E-state index in [-0.39, 0.29) is 10.8 Å². The minimum absolute atomic E-state index is 0.140. The van der Waals surface area contributed by atoms with Crippen molar-refractivity contribution in [2.45, 2.75) is 37.2 Å². The molecule has 43 heavy (non-hydrogen) atoms. The Bertz CT molecular complexity index is 1810. The van der Waals surface area contributed by atoms with Crippen LogP contribution in [0.4, 0.5) is 0 Å². The van der Waals surface area contributed by atoms with Crippen LogP contribution in [0.5, 0.6) is 0 Å². The second-order valence-electron chi connectivity index (χ2n) is 11.0. The van der Waals surface area contributed by atoms with Gasteiger partial charge in [0.2, 0.25) is 0 Å². The van der Waals surface area contributed by atoms with Crippen LogP contribution in [0.15, 0.2) is 155 Å². The topological polar surface area (TPSA) is 49.7 Å². The molecule has 0 saturated heterocycles. The van der Waals surface area contributed by atoms with Gasteiger partial charge in [-0.25, -0.2) is 0 Å². The summed E-state index contributed by atoms with van der Waals surface area (Å²) in [6, 6.07) is 45.9. The largest absolute Gasteiger partial charge is 0.347 e. The molecule has 5 heteroatoms. The molecule has 0 spiro atoms. The normalized spacial score (nSPS) is 15.0. The number of nitrogens with zero attached hydrogens (tertiary/aromatic N) is 2. The van der Waals surface area contributed by atoms with Crippen LogP contribution in [0.25, 0.3) is 5.57 Å². The Balaban J connectivity index is 1.53. The summed E-state index contributed by atoms with van der Waals surface area (Å²) in [5.74, 6) is 0.553. The fourth-order valence-electron chi connectivity index (χ4n) is 5.58. The molecule has 0 saturated carbocycles. The molecule has 0 bridgehead atoms. The molecule has 5 aromatic rings. The Morgan fingerprint density at radius 1 is 0.721 bits per heavy atom. The first-order valence-electron chi connectivity index (χ1n) is 14.6. The average Bonchev–Trinajstić information content (AvgIpc) is 3.02. The van der Waals surface area contributed by atoms with Crippen LogP contribution in [-0.4, -0.2) is 19.2 Å². The van der Waals surface area contributed by atoms with Crippen molar-refractivity contribution in [3.05, 3.63) is 179 Å². The van der Waals surface area contributed by atoms with Gasteiger partial charge in [-0.15, -0.1) is 4.40 Å². The van der Waals surface area contributed by atoms with Gasteiger partial charge < -0.3 is 4.90 Å². The van der Waals surface area contributed by atoms with Crippen molar-refractivity contribution < 1.29 is 8.42 Å². The van der Waals surface area contributed by atoms with Crippen molar-refractivity contribution in [3.63, 3.8) is 0 Å². The first-order valence-corrected chi connectivity index (χ1v) is 16.0. The van der Waals surface area contributed by atoms with E-state index in [2.05, 4.69) is 70.0 Å². The van der Waals surface area contributed by atoms with Gasteiger partial charge in [-0.3, -0.25) is 0 Å². The number of hydrogen-bond acceptors (Lipinski definition) is 2. The number of sulfonamides is 1. The maximum Gasteiger partial charge on any atom is 0.284 e. The van der Waals surface area contributed by atoms with Crippen LogP contribution in [-0.2, 0) is 29.5 Å². The average molecular weight is 583 g/mol. The van der Waals surface area contributed by atoms with Gasteiger partial charge in [-0.05, 0) is 64.9 Å². The van der Waals surface area contributed by atoms with E-state index in [4.69, 9.17) is 0 Å². The van der Waals surface area contributed by atoms with Gasteiger partial charge in [0.25, 0.3) is 10.0 Å². The van der Waals surface area contributed by atoms with Gasteiger partial charge >= 0.3 is 0 Å². The molecule has 1 aliphatic carbocycles. The molecule has 0 amide bonds. The van der Waals surface area contributed by atoms with E-state index < -0.39 is 10.0 Å². The number of hydrogen-bond donors (Lipinski definition) is 0. The monoisotopic (exact) mass is 582 g/mol. The highest BCUT2D eigenvalue weighted by Gasteiger charge is 2.30. The van der Waals surface area contributed by atoms with Crippen molar-refractivity contribution >= 4 is 21.4 Å². The SMILES string of the molecule is Cc1ccc(S(=O)(=O)/N=C(\C=C(\c2ccccc2)[C@H]2Cc3ccccc32)N(Cc2ccccc2)Cc2ccccc2)cc1. The van der Waals surface area contributed by atoms with Crippen LogP contribution >= 0.6 is 0 Å². The molecular formula is C38H34N2O2S. The lowest BCUT2D eigenvalue weighted by Crippen LogP contribution is -2.31. The molecule has 0 radical (unpaired) electrons. The maximum absolute atomic E-state index is 13.9. The lowest BCUT2D eigenvalue weighted by atomic mass is 9.71. The smallest absolute Gasteiger partial charge is 0.284 e. The molecule has 0 unspecified atom stereocenters. The molecule has 214 valence electrons. The van der Waals surface area contributed by atoms with E-state index in [1.807, 2.05) is 79.7 Å². The molecule has 1 aliphatic rings. The first-order chi connectivity index (χ1) is 21.0. The van der Waals surface area contributed by atoms with Crippen LogP contribution in [0.1, 0.15) is 39.3 Å². The van der Waals surface area contributed by atoms with Crippen LogP contribution in [0.2, 0.25) is 0 Å². The zero-order valence-corrected chi connectivity index (χ0v) is 25.0. The predicted molar refractivity (Wildman–Crippen MR) is 175 cm³/mol. The summed E-state index contributed by atoms with van der Waals surface area (Å²) >= 11 is 0. The maximum atomic E-state index is 13.9. The summed E-state index contributed by atoms with van der Waals surface area (Å²) in [5.41, 5.74) is 7.85. The molecule has 6 rings (SSSR count). The van der Waals surface area contributed by atoms with E-state index in [1.54, 1.807) is 12.1 Å². The van der Waals surface area contributed by atoms with E-state index in [0.717, 1.165) is 34.2 Å². The van der Waals surface area contributed by atoms with E-state index >= 15 is 0 Å². The predicted octanol–water partition coefficient (Wildman–Crippen LogP) is 8.21.